The Kier molecular flexibility index (Phi) is 11.7. The van der Waals surface area contributed by atoms with Crippen LogP contribution in [-0.4, -0.2) is 95.8 Å². The van der Waals surface area contributed by atoms with Gasteiger partial charge in [0.25, 0.3) is 5.91 Å². The van der Waals surface area contributed by atoms with E-state index in [0.29, 0.717) is 25.1 Å². The number of nitrogens with zero attached hydrogens (tertiary/aromatic N) is 2. The first-order valence-electron chi connectivity index (χ1n) is 17.1. The highest BCUT2D eigenvalue weighted by molar-refractivity contribution is 5.96. The Morgan fingerprint density at radius 3 is 2.29 bits per heavy atom. The highest BCUT2D eigenvalue weighted by Crippen LogP contribution is 2.21. The zero-order valence-electron chi connectivity index (χ0n) is 28.1. The second-order valence-electron chi connectivity index (χ2n) is 13.5. The molecular weight excluding hydrogens is 612 g/mol. The summed E-state index contributed by atoms with van der Waals surface area (Å²) in [6.07, 6.45) is 2.86. The number of hydrogen-bond acceptors (Lipinski definition) is 7. The first-order chi connectivity index (χ1) is 23.1. The predicted octanol–water partition coefficient (Wildman–Crippen LogP) is 1.52. The minimum absolute atomic E-state index is 0.0296. The molecule has 0 saturated carbocycles. The largest absolute Gasteiger partial charge is 0.484 e. The van der Waals surface area contributed by atoms with Gasteiger partial charge in [-0.25, -0.2) is 0 Å². The number of hydrogen-bond donors (Lipinski definition) is 4. The summed E-state index contributed by atoms with van der Waals surface area (Å²) >= 11 is 0. The van der Waals surface area contributed by atoms with Crippen LogP contribution in [0.15, 0.2) is 54.6 Å². The lowest BCUT2D eigenvalue weighted by atomic mass is 10.0. The van der Waals surface area contributed by atoms with Crippen molar-refractivity contribution >= 4 is 29.5 Å². The molecule has 258 valence electrons. The quantitative estimate of drug-likeness (QED) is 0.380. The first kappa shape index (κ1) is 34.9. The second-order valence-corrected chi connectivity index (χ2v) is 13.5. The highest BCUT2D eigenvalue weighted by Gasteiger charge is 2.39. The van der Waals surface area contributed by atoms with Gasteiger partial charge in [0.15, 0.2) is 6.61 Å². The number of amides is 5. The van der Waals surface area contributed by atoms with Crippen molar-refractivity contribution in [3.8, 4) is 5.75 Å². The molecule has 12 nitrogen and oxygen atoms in total. The van der Waals surface area contributed by atoms with Crippen molar-refractivity contribution in [3.63, 3.8) is 0 Å². The van der Waals surface area contributed by atoms with Crippen molar-refractivity contribution in [2.24, 2.45) is 5.92 Å². The van der Waals surface area contributed by atoms with E-state index in [9.17, 15) is 24.0 Å². The molecule has 2 bridgehead atoms. The SMILES string of the molecule is CC(C)[C@H]1NC(=O)COc2ccc(cc2)C[C@H](C(=O)NC2CCN(Cc3ccccc3)CC2)NC(=O)[C@H](C)NC(=O)[C@@H]2CCCN2C1=O. The summed E-state index contributed by atoms with van der Waals surface area (Å²) in [7, 11) is 0. The molecule has 4 atom stereocenters. The number of fused-ring (bicyclic) bond motifs is 13. The molecule has 0 unspecified atom stereocenters. The zero-order chi connectivity index (χ0) is 34.2. The number of benzene rings is 2. The molecule has 0 radical (unpaired) electrons. The molecule has 0 aromatic heterocycles. The van der Waals surface area contributed by atoms with Gasteiger partial charge in [0.2, 0.25) is 23.6 Å². The Bertz CT molecular complexity index is 1440. The molecule has 48 heavy (non-hydrogen) atoms. The minimum atomic E-state index is -0.954. The molecule has 4 N–H and O–H groups in total. The van der Waals surface area contributed by atoms with Crippen molar-refractivity contribution < 1.29 is 28.7 Å². The van der Waals surface area contributed by atoms with E-state index in [2.05, 4.69) is 38.3 Å². The fourth-order valence-corrected chi connectivity index (χ4v) is 6.58. The van der Waals surface area contributed by atoms with Gasteiger partial charge < -0.3 is 30.9 Å². The molecule has 12 heteroatoms. The van der Waals surface area contributed by atoms with E-state index in [4.69, 9.17) is 4.74 Å². The summed E-state index contributed by atoms with van der Waals surface area (Å²) in [4.78, 5) is 70.8. The van der Waals surface area contributed by atoms with Crippen LogP contribution in [0.5, 0.6) is 5.75 Å². The molecule has 0 spiro atoms. The van der Waals surface area contributed by atoms with Crippen LogP contribution in [0, 0.1) is 5.92 Å². The second kappa shape index (κ2) is 16.1. The van der Waals surface area contributed by atoms with E-state index >= 15 is 0 Å². The molecule has 4 aliphatic rings. The number of rotatable bonds is 5. The van der Waals surface area contributed by atoms with Crippen molar-refractivity contribution in [2.75, 3.05) is 26.2 Å². The van der Waals surface area contributed by atoms with Crippen LogP contribution in [0.4, 0.5) is 0 Å². The van der Waals surface area contributed by atoms with Gasteiger partial charge in [-0.05, 0) is 61.8 Å². The molecule has 0 aliphatic carbocycles. The monoisotopic (exact) mass is 660 g/mol. The fraction of sp³-hybridized carbons (Fsp3) is 0.528. The minimum Gasteiger partial charge on any atom is -0.484 e. The smallest absolute Gasteiger partial charge is 0.258 e. The van der Waals surface area contributed by atoms with Crippen molar-refractivity contribution in [3.05, 3.63) is 65.7 Å². The number of nitrogens with one attached hydrogen (secondary N) is 4. The zero-order valence-corrected chi connectivity index (χ0v) is 28.1. The third-order valence-corrected chi connectivity index (χ3v) is 9.39. The van der Waals surface area contributed by atoms with Crippen LogP contribution >= 0.6 is 0 Å². The summed E-state index contributed by atoms with van der Waals surface area (Å²) < 4.78 is 5.70. The predicted molar refractivity (Wildman–Crippen MR) is 180 cm³/mol. The Morgan fingerprint density at radius 2 is 1.60 bits per heavy atom. The Morgan fingerprint density at radius 1 is 0.896 bits per heavy atom. The summed E-state index contributed by atoms with van der Waals surface area (Å²) in [5.41, 5.74) is 2.04. The molecule has 2 fully saturated rings. The van der Waals surface area contributed by atoms with E-state index in [1.54, 1.807) is 31.2 Å². The van der Waals surface area contributed by atoms with Gasteiger partial charge in [-0.15, -0.1) is 0 Å². The number of carbonyl (C=O) groups is 5. The Hall–Kier alpha value is -4.45. The van der Waals surface area contributed by atoms with Crippen LogP contribution in [0.3, 0.4) is 0 Å². The average Bonchev–Trinajstić information content (AvgIpc) is 3.57. The van der Waals surface area contributed by atoms with Crippen LogP contribution in [0.25, 0.3) is 0 Å². The lowest BCUT2D eigenvalue weighted by molar-refractivity contribution is -0.143. The van der Waals surface area contributed by atoms with Crippen molar-refractivity contribution in [2.45, 2.75) is 89.6 Å². The van der Waals surface area contributed by atoms with E-state index in [0.717, 1.165) is 38.0 Å². The van der Waals surface area contributed by atoms with E-state index in [1.165, 1.54) is 10.5 Å². The van der Waals surface area contributed by atoms with Gasteiger partial charge in [0.1, 0.15) is 29.9 Å². The normalized spacial score (nSPS) is 25.2. The number of carbonyl (C=O) groups excluding carboxylic acids is 5. The summed E-state index contributed by atoms with van der Waals surface area (Å²) in [6, 6.07) is 13.8. The summed E-state index contributed by atoms with van der Waals surface area (Å²) in [6.45, 7) is 7.86. The fourth-order valence-electron chi connectivity index (χ4n) is 6.58. The Balaban J connectivity index is 1.29. The van der Waals surface area contributed by atoms with Gasteiger partial charge in [-0.2, -0.15) is 0 Å². The molecule has 4 heterocycles. The molecular formula is C36H48N6O6. The standard InChI is InChI=1S/C36H48N6O6/c1-23(2)32-36(47)42-17-7-10-30(42)35(46)37-24(3)33(44)39-29(20-25-11-13-28(14-12-25)48-22-31(43)40-32)34(45)38-27-15-18-41(19-16-27)21-26-8-5-4-6-9-26/h4-6,8-9,11-14,23-24,27,29-30,32H,7,10,15-22H2,1-3H3,(H,37,46)(H,38,45)(H,39,44)(H,40,43)/t24-,29+,30-,32+/m0/s1. The number of ether oxygens (including phenoxy) is 1. The first-order valence-corrected chi connectivity index (χ1v) is 17.1. The van der Waals surface area contributed by atoms with Gasteiger partial charge >= 0.3 is 0 Å². The maximum absolute atomic E-state index is 13.7. The molecule has 6 rings (SSSR count). The topological polar surface area (TPSA) is 149 Å². The van der Waals surface area contributed by atoms with E-state index in [1.807, 2.05) is 32.0 Å². The molecule has 5 amide bonds. The maximum Gasteiger partial charge on any atom is 0.258 e. The number of likely N-dealkylation sites (tertiary alicyclic amines) is 1. The average molecular weight is 661 g/mol. The van der Waals surface area contributed by atoms with Gasteiger partial charge in [0.05, 0.1) is 0 Å². The highest BCUT2D eigenvalue weighted by atomic mass is 16.5. The lowest BCUT2D eigenvalue weighted by Gasteiger charge is -2.33. The maximum atomic E-state index is 13.7. The van der Waals surface area contributed by atoms with Crippen LogP contribution in [0.1, 0.15) is 57.6 Å². The van der Waals surface area contributed by atoms with Gasteiger partial charge in [-0.1, -0.05) is 56.3 Å². The molecule has 2 aromatic carbocycles. The van der Waals surface area contributed by atoms with Crippen LogP contribution in [-0.2, 0) is 36.9 Å². The third-order valence-electron chi connectivity index (χ3n) is 9.39. The molecule has 4 aliphatic heterocycles. The van der Waals surface area contributed by atoms with Crippen LogP contribution < -0.4 is 26.0 Å². The number of piperidine rings is 1. The lowest BCUT2D eigenvalue weighted by Crippen LogP contribution is -2.58. The third kappa shape index (κ3) is 9.12. The van der Waals surface area contributed by atoms with E-state index in [-0.39, 0.29) is 36.8 Å². The Labute approximate surface area is 282 Å². The van der Waals surface area contributed by atoms with Gasteiger partial charge in [0, 0.05) is 38.6 Å². The van der Waals surface area contributed by atoms with Crippen LogP contribution in [0.2, 0.25) is 0 Å². The van der Waals surface area contributed by atoms with Crippen molar-refractivity contribution in [1.82, 2.24) is 31.1 Å². The molecule has 2 aromatic rings. The van der Waals surface area contributed by atoms with Crippen molar-refractivity contribution in [1.29, 1.82) is 0 Å². The molecule has 2 saturated heterocycles. The van der Waals surface area contributed by atoms with Gasteiger partial charge in [-0.3, -0.25) is 28.9 Å². The summed E-state index contributed by atoms with van der Waals surface area (Å²) in [5.74, 6) is -1.81. The summed E-state index contributed by atoms with van der Waals surface area (Å²) in [5, 5.41) is 11.6. The van der Waals surface area contributed by atoms with E-state index < -0.39 is 41.9 Å².